The van der Waals surface area contributed by atoms with Crippen LogP contribution in [0.5, 0.6) is 5.75 Å². The molecule has 0 aliphatic rings. The van der Waals surface area contributed by atoms with Gasteiger partial charge in [-0.05, 0) is 48.2 Å². The highest BCUT2D eigenvalue weighted by Gasteiger charge is 2.09. The zero-order valence-electron chi connectivity index (χ0n) is 17.9. The normalized spacial score (nSPS) is 12.6. The number of aromatic nitrogens is 1. The smallest absolute Gasteiger partial charge is 0.191 e. The zero-order valence-corrected chi connectivity index (χ0v) is 17.9. The van der Waals surface area contributed by atoms with Crippen molar-refractivity contribution >= 4 is 11.8 Å². The Labute approximate surface area is 169 Å². The molecule has 28 heavy (non-hydrogen) atoms. The third-order valence-corrected chi connectivity index (χ3v) is 4.27. The Hall–Kier alpha value is -2.76. The van der Waals surface area contributed by atoms with Crippen LogP contribution in [0.15, 0.2) is 47.6 Å². The largest absolute Gasteiger partial charge is 0.493 e. The van der Waals surface area contributed by atoms with Gasteiger partial charge in [0, 0.05) is 33.9 Å². The number of pyridine rings is 1. The molecule has 1 atom stereocenters. The Morgan fingerprint density at radius 2 is 1.86 bits per heavy atom. The van der Waals surface area contributed by atoms with E-state index in [9.17, 15) is 0 Å². The molecule has 6 heteroatoms. The van der Waals surface area contributed by atoms with Crippen LogP contribution in [0.1, 0.15) is 37.9 Å². The molecule has 0 saturated carbocycles. The van der Waals surface area contributed by atoms with Crippen LogP contribution in [-0.4, -0.2) is 38.7 Å². The van der Waals surface area contributed by atoms with Crippen molar-refractivity contribution in [3.8, 4) is 5.75 Å². The lowest BCUT2D eigenvalue weighted by Crippen LogP contribution is -2.38. The SMILES string of the molecule is CN=C(NCc1ccnc(N(C)C)c1)NC(C)c1ccc(OCC(C)C)cc1. The second-order valence-corrected chi connectivity index (χ2v) is 7.48. The molecular weight excluding hydrogens is 350 g/mol. The van der Waals surface area contributed by atoms with Crippen LogP contribution < -0.4 is 20.3 Å². The number of aliphatic imine (C=N–C) groups is 1. The van der Waals surface area contributed by atoms with Crippen LogP contribution in [0.3, 0.4) is 0 Å². The molecule has 0 bridgehead atoms. The van der Waals surface area contributed by atoms with Gasteiger partial charge in [0.25, 0.3) is 0 Å². The van der Waals surface area contributed by atoms with Crippen LogP contribution in [0.4, 0.5) is 5.82 Å². The van der Waals surface area contributed by atoms with Crippen LogP contribution in [0, 0.1) is 5.92 Å². The molecule has 0 amide bonds. The number of hydrogen-bond donors (Lipinski definition) is 2. The number of nitrogens with zero attached hydrogens (tertiary/aromatic N) is 3. The molecule has 1 aromatic heterocycles. The summed E-state index contributed by atoms with van der Waals surface area (Å²) in [6.45, 7) is 7.82. The lowest BCUT2D eigenvalue weighted by Gasteiger charge is -2.19. The van der Waals surface area contributed by atoms with Gasteiger partial charge in [0.2, 0.25) is 0 Å². The van der Waals surface area contributed by atoms with E-state index in [4.69, 9.17) is 4.74 Å². The van der Waals surface area contributed by atoms with Crippen molar-refractivity contribution in [2.75, 3.05) is 32.6 Å². The third-order valence-electron chi connectivity index (χ3n) is 4.27. The minimum atomic E-state index is 0.125. The highest BCUT2D eigenvalue weighted by molar-refractivity contribution is 5.80. The van der Waals surface area contributed by atoms with E-state index in [-0.39, 0.29) is 6.04 Å². The summed E-state index contributed by atoms with van der Waals surface area (Å²) < 4.78 is 5.75. The van der Waals surface area contributed by atoms with E-state index in [1.54, 1.807) is 7.05 Å². The van der Waals surface area contributed by atoms with E-state index in [0.29, 0.717) is 12.5 Å². The van der Waals surface area contributed by atoms with Crippen LogP contribution >= 0.6 is 0 Å². The molecule has 2 aromatic rings. The molecule has 2 N–H and O–H groups in total. The Kier molecular flexibility index (Phi) is 8.11. The number of rotatable bonds is 8. The van der Waals surface area contributed by atoms with Gasteiger partial charge >= 0.3 is 0 Å². The predicted octanol–water partition coefficient (Wildman–Crippen LogP) is 3.61. The first kappa shape index (κ1) is 21.5. The second-order valence-electron chi connectivity index (χ2n) is 7.48. The lowest BCUT2D eigenvalue weighted by molar-refractivity contribution is 0.271. The average molecular weight is 384 g/mol. The van der Waals surface area contributed by atoms with Gasteiger partial charge in [-0.1, -0.05) is 26.0 Å². The molecule has 1 aromatic carbocycles. The van der Waals surface area contributed by atoms with Crippen molar-refractivity contribution in [2.45, 2.75) is 33.4 Å². The molecular formula is C22H33N5O. The lowest BCUT2D eigenvalue weighted by atomic mass is 10.1. The Morgan fingerprint density at radius 3 is 2.46 bits per heavy atom. The minimum Gasteiger partial charge on any atom is -0.493 e. The molecule has 1 heterocycles. The first-order chi connectivity index (χ1) is 13.4. The number of guanidine groups is 1. The van der Waals surface area contributed by atoms with Crippen molar-refractivity contribution in [1.82, 2.24) is 15.6 Å². The van der Waals surface area contributed by atoms with Gasteiger partial charge < -0.3 is 20.3 Å². The highest BCUT2D eigenvalue weighted by Crippen LogP contribution is 2.18. The van der Waals surface area contributed by atoms with Gasteiger partial charge in [-0.25, -0.2) is 4.98 Å². The molecule has 2 rings (SSSR count). The number of anilines is 1. The molecule has 0 radical (unpaired) electrons. The Bertz CT molecular complexity index is 756. The fourth-order valence-corrected chi connectivity index (χ4v) is 2.60. The van der Waals surface area contributed by atoms with Crippen LogP contribution in [0.2, 0.25) is 0 Å². The average Bonchev–Trinajstić information content (AvgIpc) is 2.69. The van der Waals surface area contributed by atoms with Gasteiger partial charge in [0.1, 0.15) is 11.6 Å². The highest BCUT2D eigenvalue weighted by atomic mass is 16.5. The molecule has 0 aliphatic carbocycles. The van der Waals surface area contributed by atoms with Crippen molar-refractivity contribution in [2.24, 2.45) is 10.9 Å². The summed E-state index contributed by atoms with van der Waals surface area (Å²) in [7, 11) is 5.75. The minimum absolute atomic E-state index is 0.125. The second kappa shape index (κ2) is 10.5. The molecule has 0 spiro atoms. The summed E-state index contributed by atoms with van der Waals surface area (Å²) in [6.07, 6.45) is 1.83. The van der Waals surface area contributed by atoms with Crippen LogP contribution in [0.25, 0.3) is 0 Å². The predicted molar refractivity (Wildman–Crippen MR) is 117 cm³/mol. The van der Waals surface area contributed by atoms with Crippen molar-refractivity contribution in [3.63, 3.8) is 0 Å². The van der Waals surface area contributed by atoms with Gasteiger partial charge in [0.15, 0.2) is 5.96 Å². The van der Waals surface area contributed by atoms with Crippen molar-refractivity contribution < 1.29 is 4.74 Å². The van der Waals surface area contributed by atoms with E-state index < -0.39 is 0 Å². The van der Waals surface area contributed by atoms with E-state index in [1.165, 1.54) is 5.56 Å². The summed E-state index contributed by atoms with van der Waals surface area (Å²) in [5.74, 6) is 3.12. The van der Waals surface area contributed by atoms with E-state index >= 15 is 0 Å². The third kappa shape index (κ3) is 6.76. The van der Waals surface area contributed by atoms with Crippen molar-refractivity contribution in [3.05, 3.63) is 53.7 Å². The molecule has 0 saturated heterocycles. The summed E-state index contributed by atoms with van der Waals surface area (Å²) in [5, 5.41) is 6.80. The maximum Gasteiger partial charge on any atom is 0.191 e. The molecule has 6 nitrogen and oxygen atoms in total. The molecule has 0 fully saturated rings. The quantitative estimate of drug-likeness (QED) is 0.539. The zero-order chi connectivity index (χ0) is 20.5. The first-order valence-corrected chi connectivity index (χ1v) is 9.71. The number of benzene rings is 1. The number of nitrogens with one attached hydrogen (secondary N) is 2. The van der Waals surface area contributed by atoms with Gasteiger partial charge in [-0.3, -0.25) is 4.99 Å². The molecule has 152 valence electrons. The fraction of sp³-hybridized carbons (Fsp3) is 0.455. The van der Waals surface area contributed by atoms with E-state index in [2.05, 4.69) is 59.6 Å². The number of ether oxygens (including phenoxy) is 1. The van der Waals surface area contributed by atoms with Crippen LogP contribution in [-0.2, 0) is 6.54 Å². The fourth-order valence-electron chi connectivity index (χ4n) is 2.60. The van der Waals surface area contributed by atoms with Crippen molar-refractivity contribution in [1.29, 1.82) is 0 Å². The first-order valence-electron chi connectivity index (χ1n) is 9.71. The summed E-state index contributed by atoms with van der Waals surface area (Å²) >= 11 is 0. The van der Waals surface area contributed by atoms with Gasteiger partial charge in [-0.15, -0.1) is 0 Å². The molecule has 1 unspecified atom stereocenters. The Morgan fingerprint density at radius 1 is 1.14 bits per heavy atom. The summed E-state index contributed by atoms with van der Waals surface area (Å²) in [6, 6.07) is 12.4. The van der Waals surface area contributed by atoms with E-state index in [1.807, 2.05) is 43.4 Å². The van der Waals surface area contributed by atoms with E-state index in [0.717, 1.165) is 29.7 Å². The Balaban J connectivity index is 1.90. The monoisotopic (exact) mass is 383 g/mol. The maximum absolute atomic E-state index is 5.75. The summed E-state index contributed by atoms with van der Waals surface area (Å²) in [5.41, 5.74) is 2.33. The number of hydrogen-bond acceptors (Lipinski definition) is 4. The topological polar surface area (TPSA) is 61.8 Å². The summed E-state index contributed by atoms with van der Waals surface area (Å²) in [4.78, 5) is 10.7. The van der Waals surface area contributed by atoms with Gasteiger partial charge in [-0.2, -0.15) is 0 Å². The maximum atomic E-state index is 5.75. The molecule has 0 aliphatic heterocycles. The standard InChI is InChI=1S/C22H33N5O/c1-16(2)15-28-20-9-7-19(8-10-20)17(3)26-22(23-4)25-14-18-11-12-24-21(13-18)27(5)6/h7-13,16-17H,14-15H2,1-6H3,(H2,23,25,26). The van der Waals surface area contributed by atoms with Gasteiger partial charge in [0.05, 0.1) is 12.6 Å².